The first-order chi connectivity index (χ1) is 19.3. The maximum atomic E-state index is 13.7. The number of sulfonamides is 1. The third-order valence-corrected chi connectivity index (χ3v) is 9.80. The van der Waals surface area contributed by atoms with Crippen LogP contribution in [0.1, 0.15) is 31.2 Å². The molecule has 0 bridgehead atoms. The second-order valence-electron chi connectivity index (χ2n) is 10.9. The number of aliphatic hydroxyl groups excluding tert-OH is 1. The standard InChI is InChI=1S/C29H39N3O7S/c1-37-24-7-10-26(11-8-24)40(35,36)32-18-23(33)19-38-20-28-27(32)12-9-25(39-28)15-29(34)30-22-13-14-31(17-22)16-21-5-3-2-4-6-21/h2-8,10-11,22-23,25,27-28,33H,9,12-20H2,1H3,(H,30,34)/t22-,23-,25+,27-,28+/m1/s1. The molecule has 10 nitrogen and oxygen atoms in total. The van der Waals surface area contributed by atoms with Crippen LogP contribution in [0.5, 0.6) is 5.75 Å². The number of benzene rings is 2. The second-order valence-corrected chi connectivity index (χ2v) is 12.8. The third kappa shape index (κ3) is 7.02. The minimum atomic E-state index is -3.92. The van der Waals surface area contributed by atoms with Gasteiger partial charge in [0.05, 0.1) is 56.0 Å². The molecule has 218 valence electrons. The van der Waals surface area contributed by atoms with Gasteiger partial charge in [0.25, 0.3) is 0 Å². The number of fused-ring (bicyclic) bond motifs is 1. The number of nitrogens with one attached hydrogen (secondary N) is 1. The summed E-state index contributed by atoms with van der Waals surface area (Å²) in [6.07, 6.45) is 0.328. The summed E-state index contributed by atoms with van der Waals surface area (Å²) in [4.78, 5) is 15.4. The number of hydrogen-bond acceptors (Lipinski definition) is 8. The minimum absolute atomic E-state index is 0.00747. The van der Waals surface area contributed by atoms with Crippen LogP contribution in [-0.4, -0.2) is 99.0 Å². The summed E-state index contributed by atoms with van der Waals surface area (Å²) >= 11 is 0. The number of carbonyl (C=O) groups excluding carboxylic acids is 1. The summed E-state index contributed by atoms with van der Waals surface area (Å²) < 4.78 is 45.8. The summed E-state index contributed by atoms with van der Waals surface area (Å²) in [5.74, 6) is 0.501. The zero-order valence-corrected chi connectivity index (χ0v) is 23.7. The van der Waals surface area contributed by atoms with Crippen molar-refractivity contribution < 1.29 is 32.5 Å². The SMILES string of the molecule is COc1ccc(S(=O)(=O)N2C[C@@H](O)COC[C@@H]3O[C@H](CC(=O)N[C@@H]4CCN(Cc5ccccc5)C4)CC[C@H]32)cc1. The average molecular weight is 574 g/mol. The van der Waals surface area contributed by atoms with Gasteiger partial charge in [-0.05, 0) is 49.1 Å². The van der Waals surface area contributed by atoms with Gasteiger partial charge in [-0.2, -0.15) is 4.31 Å². The normalized spacial score (nSPS) is 28.3. The zero-order valence-electron chi connectivity index (χ0n) is 22.9. The first-order valence-electron chi connectivity index (χ1n) is 13.9. The van der Waals surface area contributed by atoms with Gasteiger partial charge in [-0.15, -0.1) is 0 Å². The molecule has 2 aromatic rings. The van der Waals surface area contributed by atoms with E-state index in [1.165, 1.54) is 29.1 Å². The Balaban J connectivity index is 1.18. The Bertz CT molecular complexity index is 1230. The minimum Gasteiger partial charge on any atom is -0.497 e. The molecule has 0 saturated carbocycles. The maximum absolute atomic E-state index is 13.7. The summed E-state index contributed by atoms with van der Waals surface area (Å²) in [6, 6.07) is 16.1. The number of hydrogen-bond donors (Lipinski definition) is 2. The van der Waals surface area contributed by atoms with E-state index in [0.717, 1.165) is 26.1 Å². The summed E-state index contributed by atoms with van der Waals surface area (Å²) in [6.45, 7) is 2.67. The lowest BCUT2D eigenvalue weighted by molar-refractivity contribution is -0.146. The van der Waals surface area contributed by atoms with Crippen molar-refractivity contribution in [3.8, 4) is 5.75 Å². The number of aliphatic hydroxyl groups is 1. The lowest BCUT2D eigenvalue weighted by Crippen LogP contribution is -2.57. The number of β-amino-alcohol motifs (C(OH)–C–C–N with tert-alkyl or cyclic N) is 1. The molecule has 0 aliphatic carbocycles. The van der Waals surface area contributed by atoms with E-state index >= 15 is 0 Å². The number of nitrogens with zero attached hydrogens (tertiary/aromatic N) is 2. The predicted octanol–water partition coefficient (Wildman–Crippen LogP) is 1.77. The van der Waals surface area contributed by atoms with Gasteiger partial charge in [0.15, 0.2) is 0 Å². The molecule has 5 atom stereocenters. The molecule has 3 fully saturated rings. The molecule has 2 aromatic carbocycles. The number of rotatable bonds is 8. The Morgan fingerprint density at radius 1 is 1.05 bits per heavy atom. The molecule has 3 heterocycles. The highest BCUT2D eigenvalue weighted by Gasteiger charge is 2.43. The molecular formula is C29H39N3O7S. The fraction of sp³-hybridized carbons (Fsp3) is 0.552. The molecule has 0 unspecified atom stereocenters. The van der Waals surface area contributed by atoms with Gasteiger partial charge in [-0.25, -0.2) is 8.42 Å². The fourth-order valence-electron chi connectivity index (χ4n) is 5.88. The first kappa shape index (κ1) is 29.0. The van der Waals surface area contributed by atoms with Gasteiger partial charge in [0.2, 0.25) is 15.9 Å². The van der Waals surface area contributed by atoms with E-state index in [1.807, 2.05) is 18.2 Å². The van der Waals surface area contributed by atoms with Crippen LogP contribution in [0.25, 0.3) is 0 Å². The van der Waals surface area contributed by atoms with Crippen molar-refractivity contribution in [2.24, 2.45) is 0 Å². The van der Waals surface area contributed by atoms with Crippen molar-refractivity contribution in [3.63, 3.8) is 0 Å². The summed E-state index contributed by atoms with van der Waals surface area (Å²) in [5, 5.41) is 13.6. The molecule has 3 saturated heterocycles. The van der Waals surface area contributed by atoms with Crippen LogP contribution in [0.3, 0.4) is 0 Å². The van der Waals surface area contributed by atoms with E-state index in [-0.39, 0.29) is 49.1 Å². The molecular weight excluding hydrogens is 534 g/mol. The van der Waals surface area contributed by atoms with E-state index in [9.17, 15) is 18.3 Å². The molecule has 2 N–H and O–H groups in total. The van der Waals surface area contributed by atoms with Gasteiger partial charge >= 0.3 is 0 Å². The quantitative estimate of drug-likeness (QED) is 0.491. The van der Waals surface area contributed by atoms with Crippen LogP contribution in [0.2, 0.25) is 0 Å². The molecule has 0 radical (unpaired) electrons. The Morgan fingerprint density at radius 2 is 1.82 bits per heavy atom. The Labute approximate surface area is 236 Å². The lowest BCUT2D eigenvalue weighted by Gasteiger charge is -2.43. The second kappa shape index (κ2) is 13.0. The monoisotopic (exact) mass is 573 g/mol. The van der Waals surface area contributed by atoms with Crippen LogP contribution in [0.4, 0.5) is 0 Å². The van der Waals surface area contributed by atoms with Crippen molar-refractivity contribution in [2.75, 3.05) is 40.0 Å². The average Bonchev–Trinajstić information content (AvgIpc) is 3.37. The highest BCUT2D eigenvalue weighted by Crippen LogP contribution is 2.32. The fourth-order valence-corrected chi connectivity index (χ4v) is 7.60. The first-order valence-corrected chi connectivity index (χ1v) is 15.4. The van der Waals surface area contributed by atoms with Crippen LogP contribution >= 0.6 is 0 Å². The Morgan fingerprint density at radius 3 is 2.58 bits per heavy atom. The van der Waals surface area contributed by atoms with Crippen molar-refractivity contribution in [2.45, 2.75) is 67.5 Å². The van der Waals surface area contributed by atoms with Crippen molar-refractivity contribution in [3.05, 3.63) is 60.2 Å². The molecule has 0 aromatic heterocycles. The molecule has 3 aliphatic heterocycles. The van der Waals surface area contributed by atoms with Gasteiger partial charge in [-0.3, -0.25) is 9.69 Å². The number of likely N-dealkylation sites (tertiary alicyclic amines) is 1. The van der Waals surface area contributed by atoms with Crippen LogP contribution < -0.4 is 10.1 Å². The van der Waals surface area contributed by atoms with E-state index < -0.39 is 28.3 Å². The van der Waals surface area contributed by atoms with Crippen molar-refractivity contribution >= 4 is 15.9 Å². The number of methoxy groups -OCH3 is 1. The lowest BCUT2D eigenvalue weighted by atomic mass is 9.96. The van der Waals surface area contributed by atoms with Crippen LogP contribution in [0, 0.1) is 0 Å². The summed E-state index contributed by atoms with van der Waals surface area (Å²) in [5.41, 5.74) is 1.26. The van der Waals surface area contributed by atoms with E-state index in [2.05, 4.69) is 22.3 Å². The van der Waals surface area contributed by atoms with Crippen LogP contribution in [-0.2, 0) is 30.8 Å². The Hall–Kier alpha value is -2.54. The van der Waals surface area contributed by atoms with E-state index in [1.54, 1.807) is 12.1 Å². The van der Waals surface area contributed by atoms with Crippen molar-refractivity contribution in [1.29, 1.82) is 0 Å². The molecule has 0 spiro atoms. The highest BCUT2D eigenvalue weighted by atomic mass is 32.2. The van der Waals surface area contributed by atoms with Gasteiger partial charge in [-0.1, -0.05) is 30.3 Å². The van der Waals surface area contributed by atoms with E-state index in [4.69, 9.17) is 14.2 Å². The smallest absolute Gasteiger partial charge is 0.243 e. The summed E-state index contributed by atoms with van der Waals surface area (Å²) in [7, 11) is -2.39. The number of ether oxygens (including phenoxy) is 3. The molecule has 5 rings (SSSR count). The molecule has 1 amide bonds. The molecule has 40 heavy (non-hydrogen) atoms. The molecule has 3 aliphatic rings. The van der Waals surface area contributed by atoms with Gasteiger partial charge in [0.1, 0.15) is 5.75 Å². The van der Waals surface area contributed by atoms with Crippen LogP contribution in [0.15, 0.2) is 59.5 Å². The van der Waals surface area contributed by atoms with E-state index in [0.29, 0.717) is 18.6 Å². The number of carbonyl (C=O) groups is 1. The Kier molecular flexibility index (Phi) is 9.39. The van der Waals surface area contributed by atoms with Gasteiger partial charge in [0, 0.05) is 32.2 Å². The van der Waals surface area contributed by atoms with Gasteiger partial charge < -0.3 is 24.6 Å². The maximum Gasteiger partial charge on any atom is 0.243 e. The third-order valence-electron chi connectivity index (χ3n) is 7.90. The zero-order chi connectivity index (χ0) is 28.1. The molecule has 11 heteroatoms. The largest absolute Gasteiger partial charge is 0.497 e. The predicted molar refractivity (Wildman–Crippen MR) is 148 cm³/mol. The van der Waals surface area contributed by atoms with Crippen molar-refractivity contribution in [1.82, 2.24) is 14.5 Å². The number of amides is 1. The topological polar surface area (TPSA) is 118 Å². The highest BCUT2D eigenvalue weighted by molar-refractivity contribution is 7.89.